The highest BCUT2D eigenvalue weighted by molar-refractivity contribution is 5.85. The van der Waals surface area contributed by atoms with Crippen LogP contribution in [0.3, 0.4) is 0 Å². The van der Waals surface area contributed by atoms with Gasteiger partial charge in [0.1, 0.15) is 0 Å². The van der Waals surface area contributed by atoms with Crippen LogP contribution >= 0.6 is 24.8 Å². The normalized spacial score (nSPS) is 11.2. The fraction of sp³-hybridized carbons (Fsp3) is 0.444. The molecule has 1 amide bonds. The fourth-order valence-corrected chi connectivity index (χ4v) is 2.49. The summed E-state index contributed by atoms with van der Waals surface area (Å²) in [5.74, 6) is -0.0175. The minimum absolute atomic E-state index is 0. The molecule has 7 heteroatoms. The van der Waals surface area contributed by atoms with Crippen molar-refractivity contribution in [3.63, 3.8) is 0 Å². The minimum atomic E-state index is -0.531. The van der Waals surface area contributed by atoms with Crippen LogP contribution in [0, 0.1) is 0 Å². The standard InChI is InChI=1S/C18H26N4O.2ClH/c1-3-4-10-21(2)18(23)17(19)11-16-13-22(14-20-16)12-15-8-6-5-7-9-15;;/h5-9,13-14,17H,3-4,10-12,19H2,1-2H3;2*1H/t17-;;/m0../s1. The fourth-order valence-electron chi connectivity index (χ4n) is 2.49. The Morgan fingerprint density at radius 2 is 1.96 bits per heavy atom. The van der Waals surface area contributed by atoms with Crippen LogP contribution in [0.4, 0.5) is 0 Å². The lowest BCUT2D eigenvalue weighted by atomic mass is 10.1. The number of carbonyl (C=O) groups excluding carboxylic acids is 1. The Morgan fingerprint density at radius 3 is 2.60 bits per heavy atom. The van der Waals surface area contributed by atoms with Gasteiger partial charge in [0.2, 0.25) is 5.91 Å². The van der Waals surface area contributed by atoms with Gasteiger partial charge in [-0.05, 0) is 12.0 Å². The maximum atomic E-state index is 12.2. The van der Waals surface area contributed by atoms with E-state index in [1.165, 1.54) is 5.56 Å². The molecule has 25 heavy (non-hydrogen) atoms. The molecule has 0 aliphatic carbocycles. The molecule has 140 valence electrons. The van der Waals surface area contributed by atoms with Gasteiger partial charge in [-0.3, -0.25) is 4.79 Å². The zero-order valence-corrected chi connectivity index (χ0v) is 16.4. The summed E-state index contributed by atoms with van der Waals surface area (Å²) >= 11 is 0. The van der Waals surface area contributed by atoms with E-state index >= 15 is 0 Å². The number of benzene rings is 1. The molecular weight excluding hydrogens is 359 g/mol. The van der Waals surface area contributed by atoms with Crippen LogP contribution in [-0.4, -0.2) is 40.0 Å². The number of imidazole rings is 1. The molecule has 5 nitrogen and oxygen atoms in total. The molecule has 0 saturated heterocycles. The lowest BCUT2D eigenvalue weighted by Gasteiger charge is -2.20. The summed E-state index contributed by atoms with van der Waals surface area (Å²) in [5, 5.41) is 0. The molecule has 0 fully saturated rings. The average Bonchev–Trinajstić information content (AvgIpc) is 2.99. The maximum absolute atomic E-state index is 12.2. The number of amides is 1. The van der Waals surface area contributed by atoms with Gasteiger partial charge in [0.15, 0.2) is 0 Å². The number of aromatic nitrogens is 2. The molecule has 0 saturated carbocycles. The third-order valence-electron chi connectivity index (χ3n) is 3.86. The molecule has 0 bridgehead atoms. The summed E-state index contributed by atoms with van der Waals surface area (Å²) in [7, 11) is 1.81. The van der Waals surface area contributed by atoms with E-state index in [4.69, 9.17) is 5.73 Å². The van der Waals surface area contributed by atoms with Crippen LogP contribution in [0.25, 0.3) is 0 Å². The number of nitrogens with two attached hydrogens (primary N) is 1. The zero-order valence-electron chi connectivity index (χ0n) is 14.8. The monoisotopic (exact) mass is 386 g/mol. The van der Waals surface area contributed by atoms with E-state index in [0.717, 1.165) is 31.6 Å². The third kappa shape index (κ3) is 7.46. The van der Waals surface area contributed by atoms with E-state index in [1.54, 1.807) is 11.2 Å². The maximum Gasteiger partial charge on any atom is 0.239 e. The van der Waals surface area contributed by atoms with Gasteiger partial charge in [-0.2, -0.15) is 0 Å². The van der Waals surface area contributed by atoms with Crippen molar-refractivity contribution in [2.75, 3.05) is 13.6 Å². The van der Waals surface area contributed by atoms with E-state index < -0.39 is 6.04 Å². The molecular formula is C18H28Cl2N4O. The van der Waals surface area contributed by atoms with Gasteiger partial charge in [-0.25, -0.2) is 4.98 Å². The van der Waals surface area contributed by atoms with Gasteiger partial charge in [-0.1, -0.05) is 43.7 Å². The predicted octanol–water partition coefficient (Wildman–Crippen LogP) is 2.90. The second-order valence-corrected chi connectivity index (χ2v) is 5.95. The first-order valence-electron chi connectivity index (χ1n) is 8.15. The molecule has 2 aromatic rings. The van der Waals surface area contributed by atoms with Crippen molar-refractivity contribution >= 4 is 30.7 Å². The minimum Gasteiger partial charge on any atom is -0.344 e. The lowest BCUT2D eigenvalue weighted by Crippen LogP contribution is -2.43. The number of hydrogen-bond acceptors (Lipinski definition) is 3. The Labute approximate surface area is 162 Å². The quantitative estimate of drug-likeness (QED) is 0.758. The van der Waals surface area contributed by atoms with Gasteiger partial charge in [0, 0.05) is 32.8 Å². The van der Waals surface area contributed by atoms with Crippen LogP contribution in [0.15, 0.2) is 42.9 Å². The number of likely N-dealkylation sites (N-methyl/N-ethyl adjacent to an activating group) is 1. The van der Waals surface area contributed by atoms with Gasteiger partial charge < -0.3 is 15.2 Å². The Balaban J connectivity index is 0.00000288. The van der Waals surface area contributed by atoms with Crippen LogP contribution in [0.1, 0.15) is 31.0 Å². The van der Waals surface area contributed by atoms with E-state index in [1.807, 2.05) is 36.0 Å². The smallest absolute Gasteiger partial charge is 0.239 e. The van der Waals surface area contributed by atoms with Crippen LogP contribution < -0.4 is 5.73 Å². The molecule has 2 N–H and O–H groups in total. The predicted molar refractivity (Wildman–Crippen MR) is 106 cm³/mol. The highest BCUT2D eigenvalue weighted by atomic mass is 35.5. The van der Waals surface area contributed by atoms with Gasteiger partial charge in [-0.15, -0.1) is 24.8 Å². The second kappa shape index (κ2) is 11.9. The Hall–Kier alpha value is -1.56. The lowest BCUT2D eigenvalue weighted by molar-refractivity contribution is -0.131. The first-order valence-corrected chi connectivity index (χ1v) is 8.15. The summed E-state index contributed by atoms with van der Waals surface area (Å²) in [6, 6.07) is 9.68. The van der Waals surface area contributed by atoms with Crippen molar-refractivity contribution in [1.29, 1.82) is 0 Å². The summed E-state index contributed by atoms with van der Waals surface area (Å²) in [4.78, 5) is 18.3. The van der Waals surface area contributed by atoms with E-state index in [-0.39, 0.29) is 30.7 Å². The third-order valence-corrected chi connectivity index (χ3v) is 3.86. The Morgan fingerprint density at radius 1 is 1.28 bits per heavy atom. The van der Waals surface area contributed by atoms with E-state index in [0.29, 0.717) is 6.42 Å². The molecule has 1 atom stereocenters. The van der Waals surface area contributed by atoms with Crippen molar-refractivity contribution in [3.05, 3.63) is 54.1 Å². The molecule has 0 radical (unpaired) electrons. The first kappa shape index (κ1) is 23.4. The molecule has 0 unspecified atom stereocenters. The van der Waals surface area contributed by atoms with Gasteiger partial charge >= 0.3 is 0 Å². The number of carbonyl (C=O) groups is 1. The van der Waals surface area contributed by atoms with Crippen molar-refractivity contribution < 1.29 is 4.79 Å². The number of nitrogens with zero attached hydrogens (tertiary/aromatic N) is 3. The molecule has 1 aromatic heterocycles. The Bertz CT molecular complexity index is 619. The molecule has 0 aliphatic heterocycles. The van der Waals surface area contributed by atoms with Crippen molar-refractivity contribution in [3.8, 4) is 0 Å². The zero-order chi connectivity index (χ0) is 16.7. The molecule has 0 spiro atoms. The molecule has 2 rings (SSSR count). The highest BCUT2D eigenvalue weighted by Gasteiger charge is 2.19. The summed E-state index contributed by atoms with van der Waals surface area (Å²) in [5.41, 5.74) is 8.11. The second-order valence-electron chi connectivity index (χ2n) is 5.95. The largest absolute Gasteiger partial charge is 0.344 e. The number of halogens is 2. The summed E-state index contributed by atoms with van der Waals surface area (Å²) in [6.07, 6.45) is 6.29. The van der Waals surface area contributed by atoms with Crippen molar-refractivity contribution in [2.24, 2.45) is 5.73 Å². The SMILES string of the molecule is CCCCN(C)C(=O)[C@@H](N)Cc1cn(Cc2ccccc2)cn1.Cl.Cl. The van der Waals surface area contributed by atoms with Crippen LogP contribution in [0.5, 0.6) is 0 Å². The number of rotatable bonds is 8. The number of hydrogen-bond donors (Lipinski definition) is 1. The summed E-state index contributed by atoms with van der Waals surface area (Å²) < 4.78 is 2.02. The average molecular weight is 387 g/mol. The van der Waals surface area contributed by atoms with E-state index in [2.05, 4.69) is 24.0 Å². The summed E-state index contributed by atoms with van der Waals surface area (Å²) in [6.45, 7) is 3.64. The van der Waals surface area contributed by atoms with E-state index in [9.17, 15) is 4.79 Å². The van der Waals surface area contributed by atoms with Gasteiger partial charge in [0.05, 0.1) is 18.1 Å². The number of unbranched alkanes of at least 4 members (excludes halogenated alkanes) is 1. The Kier molecular flexibility index (Phi) is 11.2. The molecule has 1 heterocycles. The molecule has 1 aromatic carbocycles. The van der Waals surface area contributed by atoms with Crippen LogP contribution in [0.2, 0.25) is 0 Å². The van der Waals surface area contributed by atoms with Crippen LogP contribution in [-0.2, 0) is 17.8 Å². The highest BCUT2D eigenvalue weighted by Crippen LogP contribution is 2.06. The van der Waals surface area contributed by atoms with Crippen molar-refractivity contribution in [2.45, 2.75) is 38.8 Å². The van der Waals surface area contributed by atoms with Gasteiger partial charge in [0.25, 0.3) is 0 Å². The topological polar surface area (TPSA) is 64.2 Å². The van der Waals surface area contributed by atoms with Crippen molar-refractivity contribution in [1.82, 2.24) is 14.5 Å². The molecule has 0 aliphatic rings. The first-order chi connectivity index (χ1) is 11.1.